The molecule has 0 aromatic heterocycles. The second-order valence-electron chi connectivity index (χ2n) is 0.410. The van der Waals surface area contributed by atoms with Crippen LogP contribution in [0.15, 0.2) is 0 Å². The minimum atomic E-state index is 0.165. The summed E-state index contributed by atoms with van der Waals surface area (Å²) in [6.07, 6.45) is 0. The average Bonchev–Trinajstić information content (AvgIpc) is 1.38. The van der Waals surface area contributed by atoms with Crippen LogP contribution in [0.25, 0.3) is 0 Å². The van der Waals surface area contributed by atoms with Gasteiger partial charge in [-0.25, -0.2) is 0 Å². The van der Waals surface area contributed by atoms with Crippen molar-refractivity contribution in [2.75, 3.05) is 0 Å². The van der Waals surface area contributed by atoms with Crippen molar-refractivity contribution in [1.82, 2.24) is 0 Å². The second-order valence-corrected chi connectivity index (χ2v) is 4.23. The van der Waals surface area contributed by atoms with Crippen molar-refractivity contribution >= 4 is 48.5 Å². The molecule has 4 heteroatoms. The van der Waals surface area contributed by atoms with Gasteiger partial charge in [0.05, 0.1) is 0 Å². The zero-order valence-corrected chi connectivity index (χ0v) is 7.35. The summed E-state index contributed by atoms with van der Waals surface area (Å²) < 4.78 is 0.165. The molecule has 0 bridgehead atoms. The van der Waals surface area contributed by atoms with Crippen LogP contribution in [0.1, 0.15) is 0 Å². The molecule has 0 atom stereocenters. The predicted molar refractivity (Wildman–Crippen MR) is 30.5 cm³/mol. The predicted octanol–water partition coefficient (Wildman–Crippen LogP) is 0.317. The third-order valence-corrected chi connectivity index (χ3v) is 3.52. The van der Waals surface area contributed by atoms with Gasteiger partial charge in [0, 0.05) is 0 Å². The molecular formula is CH3OS2Sb. The quantitative estimate of drug-likeness (QED) is 0.357. The molecule has 0 heterocycles. The van der Waals surface area contributed by atoms with Gasteiger partial charge in [-0.3, -0.25) is 0 Å². The number of hydrogen-bond acceptors (Lipinski definition) is 3. The molecule has 0 spiro atoms. The number of rotatable bonds is 0. The van der Waals surface area contributed by atoms with Crippen LogP contribution in [-0.2, 0) is 0 Å². The Morgan fingerprint density at radius 1 is 2.00 bits per heavy atom. The maximum atomic E-state index is 9.76. The first-order valence-electron chi connectivity index (χ1n) is 0.879. The van der Waals surface area contributed by atoms with Gasteiger partial charge in [-0.2, -0.15) is 0 Å². The normalized spacial score (nSPS) is 7.60. The van der Waals surface area contributed by atoms with Crippen molar-refractivity contribution in [2.45, 2.75) is 0 Å². The number of carbonyl (C=O) groups excluding carboxylic acids is 1. The minimum absolute atomic E-state index is 0.165. The Labute approximate surface area is 53.2 Å². The summed E-state index contributed by atoms with van der Waals surface area (Å²) in [5.41, 5.74) is 0. The number of thiol groups is 1. The molecule has 0 N–H and O–H groups in total. The van der Waals surface area contributed by atoms with Gasteiger partial charge in [0.25, 0.3) is 0 Å². The van der Waals surface area contributed by atoms with Crippen LogP contribution in [0.3, 0.4) is 0 Å². The molecule has 0 radical (unpaired) electrons. The second kappa shape index (κ2) is 3.38. The molecule has 0 fully saturated rings. The van der Waals surface area contributed by atoms with Gasteiger partial charge in [0.15, 0.2) is 0 Å². The Morgan fingerprint density at radius 3 is 2.20 bits per heavy atom. The van der Waals surface area contributed by atoms with E-state index in [0.29, 0.717) is 23.0 Å². The first-order valence-corrected chi connectivity index (χ1v) is 4.40. The van der Waals surface area contributed by atoms with Crippen molar-refractivity contribution in [1.29, 1.82) is 0 Å². The zero-order valence-electron chi connectivity index (χ0n) is 2.34. The van der Waals surface area contributed by atoms with E-state index in [9.17, 15) is 4.79 Å². The molecule has 0 unspecified atom stereocenters. The third kappa shape index (κ3) is 5.19. The van der Waals surface area contributed by atoms with Crippen LogP contribution < -0.4 is 0 Å². The Morgan fingerprint density at radius 2 is 2.20 bits per heavy atom. The third-order valence-electron chi connectivity index (χ3n) is 0.0900. The van der Waals surface area contributed by atoms with Crippen molar-refractivity contribution in [3.05, 3.63) is 0 Å². The van der Waals surface area contributed by atoms with E-state index in [4.69, 9.17) is 0 Å². The molecule has 0 aliphatic rings. The van der Waals surface area contributed by atoms with Crippen LogP contribution in [0.4, 0.5) is 4.79 Å². The summed E-state index contributed by atoms with van der Waals surface area (Å²) in [5.74, 6) is 0. The van der Waals surface area contributed by atoms with E-state index in [-0.39, 0.29) is 3.06 Å². The van der Waals surface area contributed by atoms with Gasteiger partial charge in [0.2, 0.25) is 0 Å². The average molecular weight is 217 g/mol. The van der Waals surface area contributed by atoms with E-state index in [1.54, 1.807) is 0 Å². The molecule has 0 aliphatic heterocycles. The van der Waals surface area contributed by atoms with E-state index in [2.05, 4.69) is 11.7 Å². The van der Waals surface area contributed by atoms with Crippen LogP contribution in [0, 0.1) is 0 Å². The standard InChI is InChI=1S/CHOS2.Sb.2H/c2-1-4-3;;;/h3H;;;. The maximum absolute atomic E-state index is 9.76. The van der Waals surface area contributed by atoms with Gasteiger partial charge in [0.1, 0.15) is 0 Å². The summed E-state index contributed by atoms with van der Waals surface area (Å²) in [6, 6.07) is 0. The monoisotopic (exact) mass is 216 g/mol. The summed E-state index contributed by atoms with van der Waals surface area (Å²) in [7, 11) is 0.993. The summed E-state index contributed by atoms with van der Waals surface area (Å²) >= 11 is 4.29. The molecular weight excluding hydrogens is 214 g/mol. The first kappa shape index (κ1) is 6.19. The molecule has 0 amide bonds. The van der Waals surface area contributed by atoms with E-state index in [1.807, 2.05) is 0 Å². The van der Waals surface area contributed by atoms with Gasteiger partial charge in [-0.15, -0.1) is 0 Å². The van der Waals surface area contributed by atoms with Gasteiger partial charge in [-0.1, -0.05) is 0 Å². The van der Waals surface area contributed by atoms with Gasteiger partial charge in [-0.05, 0) is 0 Å². The van der Waals surface area contributed by atoms with E-state index in [0.717, 1.165) is 10.8 Å². The Balaban J connectivity index is 2.85. The van der Waals surface area contributed by atoms with Crippen molar-refractivity contribution in [3.63, 3.8) is 0 Å². The molecule has 0 aliphatic carbocycles. The Kier molecular flexibility index (Phi) is 4.18. The summed E-state index contributed by atoms with van der Waals surface area (Å²) in [5, 5.41) is 0. The van der Waals surface area contributed by atoms with Crippen molar-refractivity contribution < 1.29 is 4.79 Å². The Hall–Kier alpha value is 1.19. The first-order chi connectivity index (χ1) is 2.27. The van der Waals surface area contributed by atoms with E-state index < -0.39 is 0 Å². The van der Waals surface area contributed by atoms with Gasteiger partial charge >= 0.3 is 53.3 Å². The van der Waals surface area contributed by atoms with E-state index in [1.165, 1.54) is 0 Å². The molecule has 0 aromatic carbocycles. The Bertz CT molecular complexity index is 44.9. The number of hydrogen-bond donors (Lipinski definition) is 1. The molecule has 0 aromatic rings. The molecule has 0 rings (SSSR count). The fourth-order valence-corrected chi connectivity index (χ4v) is 0. The van der Waals surface area contributed by atoms with Crippen LogP contribution in [0.5, 0.6) is 0 Å². The molecule has 0 saturated heterocycles. The van der Waals surface area contributed by atoms with Crippen LogP contribution >= 0.6 is 22.5 Å². The number of carbonyl (C=O) groups is 1. The molecule has 30 valence electrons. The fourth-order valence-electron chi connectivity index (χ4n) is 0. The molecule has 5 heavy (non-hydrogen) atoms. The zero-order chi connectivity index (χ0) is 4.28. The van der Waals surface area contributed by atoms with Crippen LogP contribution in [0.2, 0.25) is 0 Å². The van der Waals surface area contributed by atoms with E-state index >= 15 is 0 Å². The molecule has 1 nitrogen and oxygen atoms in total. The topological polar surface area (TPSA) is 17.1 Å². The van der Waals surface area contributed by atoms with Crippen LogP contribution in [-0.4, -0.2) is 26.1 Å². The molecule has 0 saturated carbocycles. The van der Waals surface area contributed by atoms with Gasteiger partial charge < -0.3 is 0 Å². The SMILES string of the molecule is O=[C]([SbH2])SS. The van der Waals surface area contributed by atoms with Crippen molar-refractivity contribution in [3.8, 4) is 0 Å². The summed E-state index contributed by atoms with van der Waals surface area (Å²) in [6.45, 7) is 0. The summed E-state index contributed by atoms with van der Waals surface area (Å²) in [4.78, 5) is 9.76. The van der Waals surface area contributed by atoms with Crippen molar-refractivity contribution in [2.24, 2.45) is 0 Å². The fraction of sp³-hybridized carbons (Fsp3) is 0.